The molecule has 1 unspecified atom stereocenters. The predicted molar refractivity (Wildman–Crippen MR) is 146 cm³/mol. The highest BCUT2D eigenvalue weighted by molar-refractivity contribution is 8.01. The van der Waals surface area contributed by atoms with Crippen LogP contribution in [0.5, 0.6) is 0 Å². The lowest BCUT2D eigenvalue weighted by Crippen LogP contribution is -2.70. The second-order valence-electron chi connectivity index (χ2n) is 8.45. The van der Waals surface area contributed by atoms with E-state index in [4.69, 9.17) is 28.3 Å². The summed E-state index contributed by atoms with van der Waals surface area (Å²) in [7, 11) is 0. The first-order valence-electron chi connectivity index (χ1n) is 11.3. The third kappa shape index (κ3) is 6.49. The fourth-order valence-corrected chi connectivity index (χ4v) is 7.86. The number of carbonyl (C=O) groups excluding carboxylic acids is 2. The van der Waals surface area contributed by atoms with Crippen molar-refractivity contribution in [1.82, 2.24) is 9.21 Å². The number of rotatable bonds is 10. The van der Waals surface area contributed by atoms with Gasteiger partial charge in [0.1, 0.15) is 11.1 Å². The number of halogens is 3. The molecule has 15 heteroatoms. The van der Waals surface area contributed by atoms with Crippen LogP contribution in [-0.4, -0.2) is 72.3 Å². The molecule has 3 heterocycles. The molecule has 1 aromatic heterocycles. The van der Waals surface area contributed by atoms with Gasteiger partial charge in [-0.2, -0.15) is 0 Å². The van der Waals surface area contributed by atoms with Crippen LogP contribution in [0.25, 0.3) is 0 Å². The number of hydrogen-bond donors (Lipinski definition) is 2. The van der Waals surface area contributed by atoms with E-state index in [1.165, 1.54) is 44.2 Å². The number of nitrogens with zero attached hydrogens (tertiary/aromatic N) is 3. The minimum atomic E-state index is -2.03. The molecule has 3 atom stereocenters. The van der Waals surface area contributed by atoms with E-state index in [0.717, 1.165) is 16.8 Å². The number of carbonyl (C=O) groups is 4. The maximum atomic E-state index is 13.4. The van der Waals surface area contributed by atoms with Gasteiger partial charge in [0.25, 0.3) is 12.1 Å². The van der Waals surface area contributed by atoms with Gasteiger partial charge in [0, 0.05) is 45.4 Å². The average Bonchev–Trinajstić information content (AvgIpc) is 2.89. The minimum absolute atomic E-state index is 0.102. The van der Waals surface area contributed by atoms with E-state index in [1.807, 2.05) is 0 Å². The second kappa shape index (κ2) is 12.4. The van der Waals surface area contributed by atoms with Gasteiger partial charge in [0.05, 0.1) is 5.02 Å². The molecule has 1 saturated heterocycles. The Labute approximate surface area is 245 Å². The number of fused-ring (bicyclic) bond motifs is 1. The molecule has 0 radical (unpaired) electrons. The van der Waals surface area contributed by atoms with E-state index >= 15 is 0 Å². The maximum Gasteiger partial charge on any atom is 0.352 e. The van der Waals surface area contributed by atoms with Crippen molar-refractivity contribution in [3.05, 3.63) is 64.0 Å². The Balaban J connectivity index is 1.48. The third-order valence-corrected chi connectivity index (χ3v) is 10.1. The Morgan fingerprint density at radius 3 is 2.54 bits per heavy atom. The van der Waals surface area contributed by atoms with E-state index in [2.05, 4.69) is 0 Å². The average molecular weight is 634 g/mol. The number of pyridine rings is 1. The van der Waals surface area contributed by atoms with E-state index in [-0.39, 0.29) is 23.9 Å². The summed E-state index contributed by atoms with van der Waals surface area (Å²) in [6.07, 6.45) is 1.06. The van der Waals surface area contributed by atoms with Crippen LogP contribution < -0.4 is 4.57 Å². The second-order valence-corrected chi connectivity index (χ2v) is 12.5. The summed E-state index contributed by atoms with van der Waals surface area (Å²) >= 11 is 16.0. The van der Waals surface area contributed by atoms with Crippen molar-refractivity contribution < 1.29 is 38.3 Å². The highest BCUT2D eigenvalue weighted by Crippen LogP contribution is 2.46. The van der Waals surface area contributed by atoms with Gasteiger partial charge < -0.3 is 10.2 Å². The minimum Gasteiger partial charge on any atom is -0.479 e. The molecule has 0 bridgehead atoms. The highest BCUT2D eigenvalue weighted by atomic mass is 35.5. The topological polar surface area (TPSA) is 119 Å². The fraction of sp³-hybridized carbons (Fsp3) is 0.292. The molecule has 2 N–H and O–H groups in total. The molecule has 2 aliphatic heterocycles. The van der Waals surface area contributed by atoms with Gasteiger partial charge >= 0.3 is 11.9 Å². The molecule has 39 heavy (non-hydrogen) atoms. The van der Waals surface area contributed by atoms with Crippen molar-refractivity contribution >= 4 is 82.4 Å². The van der Waals surface area contributed by atoms with Gasteiger partial charge in [-0.05, 0) is 35.7 Å². The monoisotopic (exact) mass is 632 g/mol. The Kier molecular flexibility index (Phi) is 9.37. The SMILES string of the molecule is CC(=O)N(Sc1cc(Cl)ccc1Cl)[C@H]1C(=O)N2C(C(=O)O)=C(CSc3cc[n+](CC(F)C(=O)O)cc3)CS[C@H]12. The lowest BCUT2D eigenvalue weighted by molar-refractivity contribution is -0.700. The summed E-state index contributed by atoms with van der Waals surface area (Å²) < 4.78 is 16.1. The molecule has 1 fully saturated rings. The van der Waals surface area contributed by atoms with Gasteiger partial charge in [-0.1, -0.05) is 23.2 Å². The number of carboxylic acid groups (broad SMARTS) is 2. The van der Waals surface area contributed by atoms with Crippen LogP contribution in [0.1, 0.15) is 6.92 Å². The molecule has 0 spiro atoms. The van der Waals surface area contributed by atoms with Gasteiger partial charge in [-0.15, -0.1) is 23.5 Å². The van der Waals surface area contributed by atoms with Crippen molar-refractivity contribution in [3.8, 4) is 0 Å². The van der Waals surface area contributed by atoms with Crippen molar-refractivity contribution in [3.63, 3.8) is 0 Å². The third-order valence-electron chi connectivity index (χ3n) is 5.79. The Hall–Kier alpha value is -2.45. The number of aliphatic carboxylic acids is 2. The lowest BCUT2D eigenvalue weighted by atomic mass is 10.0. The Morgan fingerprint density at radius 2 is 1.92 bits per heavy atom. The number of benzene rings is 1. The fourth-order valence-electron chi connectivity index (χ4n) is 3.92. The first-order chi connectivity index (χ1) is 18.5. The zero-order chi connectivity index (χ0) is 28.4. The van der Waals surface area contributed by atoms with Crippen LogP contribution in [0.3, 0.4) is 0 Å². The lowest BCUT2D eigenvalue weighted by Gasteiger charge is -2.52. The van der Waals surface area contributed by atoms with Crippen LogP contribution in [-0.2, 0) is 25.7 Å². The quantitative estimate of drug-likeness (QED) is 0.173. The smallest absolute Gasteiger partial charge is 0.352 e. The van der Waals surface area contributed by atoms with Crippen LogP contribution in [0, 0.1) is 0 Å². The summed E-state index contributed by atoms with van der Waals surface area (Å²) in [5.41, 5.74) is 0.446. The first kappa shape index (κ1) is 29.5. The normalized spacial score (nSPS) is 19.3. The Morgan fingerprint density at radius 1 is 1.23 bits per heavy atom. The van der Waals surface area contributed by atoms with Gasteiger partial charge in [-0.3, -0.25) is 18.8 Å². The van der Waals surface area contributed by atoms with Crippen molar-refractivity contribution in [2.24, 2.45) is 0 Å². The highest BCUT2D eigenvalue weighted by Gasteiger charge is 2.57. The number of β-lactam (4-membered cyclic amide) rings is 1. The number of amides is 2. The molecular weight excluding hydrogens is 612 g/mol. The van der Waals surface area contributed by atoms with Crippen LogP contribution in [0.4, 0.5) is 4.39 Å². The molecule has 2 amide bonds. The molecule has 0 aliphatic carbocycles. The van der Waals surface area contributed by atoms with Crippen molar-refractivity contribution in [2.45, 2.75) is 40.8 Å². The van der Waals surface area contributed by atoms with Crippen LogP contribution >= 0.6 is 58.7 Å². The standard InChI is InChI=1S/C24H20Cl2FN3O6S3/c1-12(31)30(39-18-8-14(25)2-3-16(18)26)20-21(32)29-19(24(35)36)13(11-38-22(20)29)10-37-15-4-6-28(7-5-15)9-17(27)23(33)34/h2-8,17,20,22H,9-11H2,1H3,(H-,33,34,35,36)/p+1/t17?,20-,22+/m0/s1. The largest absolute Gasteiger partial charge is 0.479 e. The number of aromatic nitrogens is 1. The molecule has 2 aliphatic rings. The summed E-state index contributed by atoms with van der Waals surface area (Å²) in [5.74, 6) is -3.06. The molecule has 4 rings (SSSR count). The molecule has 0 saturated carbocycles. The zero-order valence-electron chi connectivity index (χ0n) is 20.1. The summed E-state index contributed by atoms with van der Waals surface area (Å²) in [6, 6.07) is 7.24. The Bertz CT molecular complexity index is 1360. The first-order valence-corrected chi connectivity index (χ1v) is 14.9. The van der Waals surface area contributed by atoms with Gasteiger partial charge in [0.2, 0.25) is 5.91 Å². The predicted octanol–water partition coefficient (Wildman–Crippen LogP) is 3.97. The summed E-state index contributed by atoms with van der Waals surface area (Å²) in [4.78, 5) is 51.2. The number of thioether (sulfide) groups is 2. The number of carboxylic acids is 2. The van der Waals surface area contributed by atoms with Crippen LogP contribution in [0.2, 0.25) is 10.0 Å². The zero-order valence-corrected chi connectivity index (χ0v) is 24.1. The maximum absolute atomic E-state index is 13.4. The number of hydrogen-bond acceptors (Lipinski definition) is 7. The van der Waals surface area contributed by atoms with Crippen LogP contribution in [0.15, 0.2) is 63.8 Å². The summed E-state index contributed by atoms with van der Waals surface area (Å²) in [5, 5.41) is 18.9. The molecule has 1 aromatic carbocycles. The van der Waals surface area contributed by atoms with E-state index < -0.39 is 35.4 Å². The summed E-state index contributed by atoms with van der Waals surface area (Å²) in [6.45, 7) is 0.994. The van der Waals surface area contributed by atoms with Crippen molar-refractivity contribution in [1.29, 1.82) is 0 Å². The van der Waals surface area contributed by atoms with Gasteiger partial charge in [0.15, 0.2) is 25.0 Å². The molecule has 2 aromatic rings. The van der Waals surface area contributed by atoms with E-state index in [9.17, 15) is 28.7 Å². The van der Waals surface area contributed by atoms with E-state index in [0.29, 0.717) is 26.3 Å². The molecule has 9 nitrogen and oxygen atoms in total. The van der Waals surface area contributed by atoms with E-state index in [1.54, 1.807) is 42.7 Å². The van der Waals surface area contributed by atoms with Gasteiger partial charge in [-0.25, -0.2) is 18.5 Å². The van der Waals surface area contributed by atoms with Crippen molar-refractivity contribution in [2.75, 3.05) is 11.5 Å². The molecular formula is C24H21Cl2FN3O6S3+. The molecule has 206 valence electrons. The number of alkyl halides is 1.